The van der Waals surface area contributed by atoms with E-state index in [9.17, 15) is 0 Å². The van der Waals surface area contributed by atoms with Crippen LogP contribution in [0.25, 0.3) is 56.2 Å². The molecule has 2 aromatic heterocycles. The zero-order valence-corrected chi connectivity index (χ0v) is 42.6. The summed E-state index contributed by atoms with van der Waals surface area (Å²) in [4.78, 5) is 20.4. The molecule has 331 valence electrons. The number of aromatic nitrogens is 2. The first kappa shape index (κ1) is 45.0. The molecule has 7 heteroatoms. The molecule has 0 bridgehead atoms. The van der Waals surface area contributed by atoms with E-state index in [0.717, 1.165) is 91.0 Å². The number of benzene rings is 6. The molecule has 6 aromatic carbocycles. The second-order valence-corrected chi connectivity index (χ2v) is 20.2. The summed E-state index contributed by atoms with van der Waals surface area (Å²) in [6.45, 7) is 13.0. The van der Waals surface area contributed by atoms with Crippen LogP contribution in [0.3, 0.4) is 0 Å². The molecule has 4 heterocycles. The summed E-state index contributed by atoms with van der Waals surface area (Å²) < 4.78 is 2.12. The van der Waals surface area contributed by atoms with Gasteiger partial charge in [-0.15, -0.1) is 22.8 Å². The van der Waals surface area contributed by atoms with Gasteiger partial charge in [0.25, 0.3) is 0 Å². The number of allylic oxidation sites excluding steroid dienone is 4. The summed E-state index contributed by atoms with van der Waals surface area (Å²) in [5.74, 6) is 0. The van der Waals surface area contributed by atoms with Crippen molar-refractivity contribution in [1.29, 1.82) is 0 Å². The first-order chi connectivity index (χ1) is 31.9. The van der Waals surface area contributed by atoms with Gasteiger partial charge in [-0.2, -0.15) is 0 Å². The summed E-state index contributed by atoms with van der Waals surface area (Å²) in [5.41, 5.74) is 26.4. The zero-order valence-electron chi connectivity index (χ0n) is 38.4. The smallest absolute Gasteiger partial charge is 0.656 e. The number of hydrogen-bond donors (Lipinski definition) is 0. The van der Waals surface area contributed by atoms with Gasteiger partial charge in [-0.3, -0.25) is 0 Å². The van der Waals surface area contributed by atoms with E-state index in [1.54, 1.807) is 0 Å². The summed E-state index contributed by atoms with van der Waals surface area (Å²) in [6.07, 6.45) is 13.0. The molecular weight excluding hydrogens is 995 g/mol. The molecule has 4 aliphatic rings. The van der Waals surface area contributed by atoms with Crippen LogP contribution in [0.15, 0.2) is 163 Å². The van der Waals surface area contributed by atoms with Crippen LogP contribution in [-0.4, -0.2) is 11.4 Å². The number of aryl methyl sites for hydroxylation is 8. The molecule has 0 fully saturated rings. The zero-order chi connectivity index (χ0) is 45.4. The van der Waals surface area contributed by atoms with Gasteiger partial charge >= 0.3 is 16.8 Å². The number of fused-ring (bicyclic) bond motifs is 8. The molecule has 0 unspecified atom stereocenters. The van der Waals surface area contributed by atoms with E-state index in [2.05, 4.69) is 207 Å². The average Bonchev–Trinajstić information content (AvgIpc) is 4.07. The van der Waals surface area contributed by atoms with Crippen molar-refractivity contribution in [2.75, 3.05) is 0 Å². The average molecular weight is 1040 g/mol. The third-order valence-corrected chi connectivity index (χ3v) is 14.5. The topological polar surface area (TPSA) is 52.9 Å². The van der Waals surface area contributed by atoms with Crippen molar-refractivity contribution in [3.05, 3.63) is 220 Å². The van der Waals surface area contributed by atoms with Crippen LogP contribution in [0, 0.1) is 41.5 Å². The van der Waals surface area contributed by atoms with Gasteiger partial charge in [0.1, 0.15) is 0 Å². The second-order valence-electron chi connectivity index (χ2n) is 18.3. The van der Waals surface area contributed by atoms with Crippen LogP contribution < -0.4 is 9.97 Å². The van der Waals surface area contributed by atoms with E-state index in [4.69, 9.17) is 20.0 Å². The predicted octanol–water partition coefficient (Wildman–Crippen LogP) is 15.7. The molecule has 2 aliphatic heterocycles. The number of aliphatic imine (C=N–C) groups is 2. The van der Waals surface area contributed by atoms with Gasteiger partial charge in [-0.05, 0) is 181 Å². The molecule has 0 spiro atoms. The Balaban J connectivity index is 0.000000154. The quantitative estimate of drug-likeness (QED) is 0.176. The van der Waals surface area contributed by atoms with Gasteiger partial charge in [-0.1, -0.05) is 140 Å². The van der Waals surface area contributed by atoms with E-state index in [1.165, 1.54) is 88.7 Å². The second kappa shape index (κ2) is 18.0. The van der Waals surface area contributed by atoms with Crippen LogP contribution in [0.2, 0.25) is 0 Å². The van der Waals surface area contributed by atoms with Gasteiger partial charge in [0.05, 0.1) is 22.8 Å². The van der Waals surface area contributed by atoms with E-state index in [1.807, 2.05) is 0 Å². The molecule has 0 amide bonds. The Bertz CT molecular complexity index is 3290. The summed E-state index contributed by atoms with van der Waals surface area (Å²) >= 11 is 7.33. The SMILES string of the molecule is Cc1cc(C)c(-c2[n-]c(C=C3C=C4CCc5ccccc5C4=N3)c3cc(Br)ccc23)c(C)c1.Cc1cc(C)c(-c2[n-]c(C=C3C=C4CCc5ccccc5C4=N3)c3cc(Br)ccc23)c(C)c1.[Co+2]. The van der Waals surface area contributed by atoms with Gasteiger partial charge in [-0.25, -0.2) is 9.98 Å². The fourth-order valence-electron chi connectivity index (χ4n) is 10.8. The number of halogens is 2. The monoisotopic (exact) mass is 1040 g/mol. The summed E-state index contributed by atoms with van der Waals surface area (Å²) in [5, 5.41) is 4.67. The first-order valence-electron chi connectivity index (χ1n) is 22.8. The Morgan fingerprint density at radius 3 is 1.25 bits per heavy atom. The van der Waals surface area contributed by atoms with Gasteiger partial charge < -0.3 is 9.97 Å². The van der Waals surface area contributed by atoms with Crippen molar-refractivity contribution >= 4 is 77.0 Å². The molecular formula is C60H48Br2CoN4. The Labute approximate surface area is 420 Å². The molecule has 0 N–H and O–H groups in total. The van der Waals surface area contributed by atoms with Crippen molar-refractivity contribution in [2.24, 2.45) is 9.98 Å². The van der Waals surface area contributed by atoms with Crippen LogP contribution in [-0.2, 0) is 29.6 Å². The van der Waals surface area contributed by atoms with Crippen LogP contribution in [0.1, 0.15) is 79.9 Å². The Morgan fingerprint density at radius 1 is 0.463 bits per heavy atom. The Morgan fingerprint density at radius 2 is 0.851 bits per heavy atom. The van der Waals surface area contributed by atoms with Crippen LogP contribution >= 0.6 is 31.9 Å². The van der Waals surface area contributed by atoms with Crippen molar-refractivity contribution in [1.82, 2.24) is 9.97 Å². The Hall–Kier alpha value is -5.83. The normalized spacial score (nSPS) is 15.8. The van der Waals surface area contributed by atoms with Gasteiger partial charge in [0.15, 0.2) is 0 Å². The maximum atomic E-state index is 5.18. The summed E-state index contributed by atoms with van der Waals surface area (Å²) in [7, 11) is 0. The van der Waals surface area contributed by atoms with E-state index >= 15 is 0 Å². The molecule has 0 saturated heterocycles. The number of hydrogen-bond acceptors (Lipinski definition) is 2. The fourth-order valence-corrected chi connectivity index (χ4v) is 11.5. The molecule has 8 aromatic rings. The van der Waals surface area contributed by atoms with Gasteiger partial charge in [0, 0.05) is 20.1 Å². The van der Waals surface area contributed by atoms with Crippen LogP contribution in [0.4, 0.5) is 0 Å². The largest absolute Gasteiger partial charge is 2.00 e. The van der Waals surface area contributed by atoms with E-state index < -0.39 is 0 Å². The molecule has 0 saturated carbocycles. The molecule has 12 rings (SSSR count). The van der Waals surface area contributed by atoms with E-state index in [-0.39, 0.29) is 16.8 Å². The van der Waals surface area contributed by atoms with Crippen molar-refractivity contribution in [3.8, 4) is 22.5 Å². The molecule has 2 aliphatic carbocycles. The minimum absolute atomic E-state index is 0. The maximum absolute atomic E-state index is 5.18. The standard InChI is InChI=1S/2C30H24BrN2.Co/c2*1-17-12-18(2)28(19(3)13-17)30-25-11-10-22(31)15-26(25)27(33-30)16-23-14-21-9-8-20-6-4-5-7-24(20)29(21)32-23;/h2*4-7,10-16H,8-9H2,1-3H3;/q2*-1;+2. The third-order valence-electron chi connectivity index (χ3n) is 13.5. The van der Waals surface area contributed by atoms with Crippen molar-refractivity contribution in [3.63, 3.8) is 0 Å². The van der Waals surface area contributed by atoms with Crippen molar-refractivity contribution < 1.29 is 16.8 Å². The Kier molecular flexibility index (Phi) is 12.1. The summed E-state index contributed by atoms with van der Waals surface area (Å²) in [6, 6.07) is 39.2. The molecule has 1 radical (unpaired) electrons. The van der Waals surface area contributed by atoms with Crippen molar-refractivity contribution in [2.45, 2.75) is 67.2 Å². The number of nitrogens with zero attached hydrogens (tertiary/aromatic N) is 4. The first-order valence-corrected chi connectivity index (χ1v) is 24.4. The fraction of sp³-hybridized carbons (Fsp3) is 0.167. The van der Waals surface area contributed by atoms with Gasteiger partial charge in [0.2, 0.25) is 0 Å². The minimum Gasteiger partial charge on any atom is -0.656 e. The minimum atomic E-state index is 0. The predicted molar refractivity (Wildman–Crippen MR) is 284 cm³/mol. The molecule has 0 atom stereocenters. The molecule has 67 heavy (non-hydrogen) atoms. The molecule has 4 nitrogen and oxygen atoms in total. The van der Waals surface area contributed by atoms with E-state index in [0.29, 0.717) is 0 Å². The van der Waals surface area contributed by atoms with Crippen LogP contribution in [0.5, 0.6) is 0 Å². The third kappa shape index (κ3) is 8.35. The number of rotatable bonds is 4. The maximum Gasteiger partial charge on any atom is 2.00 e.